The van der Waals surface area contributed by atoms with Crippen LogP contribution in [0.1, 0.15) is 42.6 Å². The average Bonchev–Trinajstić information content (AvgIpc) is 3.26. The second-order valence-corrected chi connectivity index (χ2v) is 8.21. The first-order chi connectivity index (χ1) is 14.2. The maximum Gasteiger partial charge on any atom is 0.274 e. The van der Waals surface area contributed by atoms with Gasteiger partial charge in [0.1, 0.15) is 12.2 Å². The van der Waals surface area contributed by atoms with Crippen LogP contribution in [0.3, 0.4) is 0 Å². The van der Waals surface area contributed by atoms with Crippen molar-refractivity contribution in [3.05, 3.63) is 47.7 Å². The standard InChI is InChI=1S/C21H23N5O2S/c27-19(25-21-22-10-11-29-21)14-26(13-15-6-2-1-3-7-15)20(28)18-12-23-16-8-4-5-9-17(16)24-18/h4-5,8-12,15H,1-3,6-7,13-14H2,(H,22,25,27). The highest BCUT2D eigenvalue weighted by Crippen LogP contribution is 2.25. The highest BCUT2D eigenvalue weighted by molar-refractivity contribution is 7.13. The SMILES string of the molecule is O=C(CN(CC1CCCCC1)C(=O)c1cnc2ccccc2n1)Nc1nccs1. The monoisotopic (exact) mass is 409 g/mol. The van der Waals surface area contributed by atoms with Gasteiger partial charge < -0.3 is 10.2 Å². The Morgan fingerprint density at radius 2 is 1.90 bits per heavy atom. The summed E-state index contributed by atoms with van der Waals surface area (Å²) in [5.41, 5.74) is 1.68. The highest BCUT2D eigenvalue weighted by Gasteiger charge is 2.25. The molecule has 0 atom stereocenters. The van der Waals surface area contributed by atoms with Crippen molar-refractivity contribution < 1.29 is 9.59 Å². The predicted molar refractivity (Wildman–Crippen MR) is 113 cm³/mol. The first-order valence-electron chi connectivity index (χ1n) is 9.89. The van der Waals surface area contributed by atoms with Gasteiger partial charge in [0.2, 0.25) is 5.91 Å². The van der Waals surface area contributed by atoms with E-state index in [1.54, 1.807) is 16.5 Å². The summed E-state index contributed by atoms with van der Waals surface area (Å²) in [6.07, 6.45) is 8.89. The fraction of sp³-hybridized carbons (Fsp3) is 0.381. The summed E-state index contributed by atoms with van der Waals surface area (Å²) in [6, 6.07) is 7.45. The zero-order valence-electron chi connectivity index (χ0n) is 16.1. The number of nitrogens with one attached hydrogen (secondary N) is 1. The molecule has 8 heteroatoms. The summed E-state index contributed by atoms with van der Waals surface area (Å²) in [6.45, 7) is 0.530. The van der Waals surface area contributed by atoms with E-state index in [4.69, 9.17) is 0 Å². The Balaban J connectivity index is 1.53. The van der Waals surface area contributed by atoms with Crippen LogP contribution in [0.25, 0.3) is 11.0 Å². The summed E-state index contributed by atoms with van der Waals surface area (Å²) in [5, 5.41) is 5.09. The number of thiazole rings is 1. The fourth-order valence-electron chi connectivity index (χ4n) is 3.74. The molecular formula is C21H23N5O2S. The van der Waals surface area contributed by atoms with E-state index in [0.29, 0.717) is 23.1 Å². The molecule has 0 saturated heterocycles. The number of amides is 2. The maximum atomic E-state index is 13.2. The Labute approximate surface area is 173 Å². The Morgan fingerprint density at radius 3 is 2.66 bits per heavy atom. The molecule has 2 heterocycles. The number of carbonyl (C=O) groups is 2. The van der Waals surface area contributed by atoms with E-state index >= 15 is 0 Å². The molecule has 2 amide bonds. The first kappa shape index (κ1) is 19.4. The molecule has 0 radical (unpaired) electrons. The van der Waals surface area contributed by atoms with Crippen LogP contribution in [-0.2, 0) is 4.79 Å². The Kier molecular flexibility index (Phi) is 6.09. The molecule has 4 rings (SSSR count). The van der Waals surface area contributed by atoms with Crippen LogP contribution in [0.15, 0.2) is 42.0 Å². The van der Waals surface area contributed by atoms with E-state index in [2.05, 4.69) is 20.3 Å². The second-order valence-electron chi connectivity index (χ2n) is 7.32. The molecule has 3 aromatic rings. The van der Waals surface area contributed by atoms with Gasteiger partial charge in [-0.05, 0) is 30.9 Å². The lowest BCUT2D eigenvalue weighted by molar-refractivity contribution is -0.117. The number of para-hydroxylation sites is 2. The topological polar surface area (TPSA) is 88.1 Å². The largest absolute Gasteiger partial charge is 0.328 e. The molecule has 150 valence electrons. The van der Waals surface area contributed by atoms with Crippen LogP contribution < -0.4 is 5.32 Å². The van der Waals surface area contributed by atoms with Gasteiger partial charge in [0, 0.05) is 18.1 Å². The molecule has 0 unspecified atom stereocenters. The number of carbonyl (C=O) groups excluding carboxylic acids is 2. The number of nitrogens with zero attached hydrogens (tertiary/aromatic N) is 4. The van der Waals surface area contributed by atoms with Gasteiger partial charge in [0.25, 0.3) is 5.91 Å². The van der Waals surface area contributed by atoms with Gasteiger partial charge in [0.05, 0.1) is 17.2 Å². The molecule has 1 N–H and O–H groups in total. The predicted octanol–water partition coefficient (Wildman–Crippen LogP) is 3.75. The molecule has 1 fully saturated rings. The van der Waals surface area contributed by atoms with E-state index in [9.17, 15) is 9.59 Å². The van der Waals surface area contributed by atoms with E-state index < -0.39 is 0 Å². The maximum absolute atomic E-state index is 13.2. The van der Waals surface area contributed by atoms with Crippen LogP contribution in [0, 0.1) is 5.92 Å². The number of fused-ring (bicyclic) bond motifs is 1. The van der Waals surface area contributed by atoms with Gasteiger partial charge >= 0.3 is 0 Å². The highest BCUT2D eigenvalue weighted by atomic mass is 32.1. The van der Waals surface area contributed by atoms with Gasteiger partial charge in [-0.2, -0.15) is 0 Å². The lowest BCUT2D eigenvalue weighted by atomic mass is 9.89. The molecule has 1 aliphatic rings. The third kappa shape index (κ3) is 4.95. The summed E-state index contributed by atoms with van der Waals surface area (Å²) in [7, 11) is 0. The zero-order valence-corrected chi connectivity index (χ0v) is 16.9. The minimum atomic E-state index is -0.261. The van der Waals surface area contributed by atoms with Gasteiger partial charge in [0.15, 0.2) is 5.13 Å². The summed E-state index contributed by atoms with van der Waals surface area (Å²) < 4.78 is 0. The van der Waals surface area contributed by atoms with Crippen molar-refractivity contribution in [3.63, 3.8) is 0 Å². The van der Waals surface area contributed by atoms with Gasteiger partial charge in [-0.25, -0.2) is 9.97 Å². The summed E-state index contributed by atoms with van der Waals surface area (Å²) in [4.78, 5) is 40.3. The molecular weight excluding hydrogens is 386 g/mol. The third-order valence-corrected chi connectivity index (χ3v) is 5.86. The molecule has 0 spiro atoms. The van der Waals surface area contributed by atoms with Crippen LogP contribution in [0.5, 0.6) is 0 Å². The second kappa shape index (κ2) is 9.09. The molecule has 29 heavy (non-hydrogen) atoms. The number of aromatic nitrogens is 3. The number of anilines is 1. The van der Waals surface area contributed by atoms with Crippen molar-refractivity contribution in [2.24, 2.45) is 5.92 Å². The third-order valence-electron chi connectivity index (χ3n) is 5.17. The van der Waals surface area contributed by atoms with Crippen molar-refractivity contribution in [3.8, 4) is 0 Å². The minimum Gasteiger partial charge on any atom is -0.328 e. The van der Waals surface area contributed by atoms with Crippen LogP contribution in [-0.4, -0.2) is 44.8 Å². The smallest absolute Gasteiger partial charge is 0.274 e. The van der Waals surface area contributed by atoms with Crippen molar-refractivity contribution in [2.45, 2.75) is 32.1 Å². The molecule has 2 aromatic heterocycles. The zero-order chi connectivity index (χ0) is 20.1. The van der Waals surface area contributed by atoms with Gasteiger partial charge in [-0.15, -0.1) is 11.3 Å². The normalized spacial score (nSPS) is 14.6. The molecule has 7 nitrogen and oxygen atoms in total. The van der Waals surface area contributed by atoms with Crippen molar-refractivity contribution >= 4 is 39.3 Å². The average molecular weight is 410 g/mol. The number of rotatable bonds is 6. The summed E-state index contributed by atoms with van der Waals surface area (Å²) >= 11 is 1.35. The van der Waals surface area contributed by atoms with E-state index in [0.717, 1.165) is 18.4 Å². The van der Waals surface area contributed by atoms with Crippen LogP contribution in [0.2, 0.25) is 0 Å². The van der Waals surface area contributed by atoms with Crippen molar-refractivity contribution in [2.75, 3.05) is 18.4 Å². The minimum absolute atomic E-state index is 0.0244. The molecule has 1 aromatic carbocycles. The lowest BCUT2D eigenvalue weighted by Crippen LogP contribution is -2.41. The Hall–Kier alpha value is -2.87. The Bertz CT molecular complexity index is 986. The van der Waals surface area contributed by atoms with Gasteiger partial charge in [-0.1, -0.05) is 31.4 Å². The number of hydrogen-bond acceptors (Lipinski definition) is 6. The first-order valence-corrected chi connectivity index (χ1v) is 10.8. The van der Waals surface area contributed by atoms with E-state index in [1.807, 2.05) is 24.3 Å². The van der Waals surface area contributed by atoms with Crippen LogP contribution in [0.4, 0.5) is 5.13 Å². The van der Waals surface area contributed by atoms with E-state index in [1.165, 1.54) is 36.8 Å². The molecule has 1 saturated carbocycles. The van der Waals surface area contributed by atoms with Gasteiger partial charge in [-0.3, -0.25) is 14.6 Å². The van der Waals surface area contributed by atoms with E-state index in [-0.39, 0.29) is 24.1 Å². The molecule has 0 aliphatic heterocycles. The number of benzene rings is 1. The fourth-order valence-corrected chi connectivity index (χ4v) is 4.29. The van der Waals surface area contributed by atoms with Crippen molar-refractivity contribution in [1.29, 1.82) is 0 Å². The number of hydrogen-bond donors (Lipinski definition) is 1. The van der Waals surface area contributed by atoms with Crippen LogP contribution >= 0.6 is 11.3 Å². The Morgan fingerprint density at radius 1 is 1.10 bits per heavy atom. The summed E-state index contributed by atoms with van der Waals surface area (Å²) in [5.74, 6) is -0.102. The van der Waals surface area contributed by atoms with Crippen molar-refractivity contribution in [1.82, 2.24) is 19.9 Å². The quantitative estimate of drug-likeness (QED) is 0.670. The lowest BCUT2D eigenvalue weighted by Gasteiger charge is -2.29. The molecule has 0 bridgehead atoms. The molecule has 1 aliphatic carbocycles.